The van der Waals surface area contributed by atoms with Crippen molar-refractivity contribution in [2.24, 2.45) is 11.8 Å². The van der Waals surface area contributed by atoms with Gasteiger partial charge in [0.25, 0.3) is 11.8 Å². The van der Waals surface area contributed by atoms with Crippen molar-refractivity contribution in [2.75, 3.05) is 23.9 Å². The summed E-state index contributed by atoms with van der Waals surface area (Å²) in [5, 5.41) is 3.15. The van der Waals surface area contributed by atoms with Crippen LogP contribution >= 0.6 is 0 Å². The van der Waals surface area contributed by atoms with Gasteiger partial charge in [-0.15, -0.1) is 0 Å². The van der Waals surface area contributed by atoms with Crippen LogP contribution in [-0.4, -0.2) is 60.1 Å². The minimum atomic E-state index is -0.924. The van der Waals surface area contributed by atoms with Gasteiger partial charge in [0, 0.05) is 14.1 Å². The van der Waals surface area contributed by atoms with E-state index in [-0.39, 0.29) is 11.8 Å². The SMILES string of the molecule is CN1O[C@@H]2C(=O)N(c3ccc(N4C(=O)[C@H]5[C@H](ON(C)[C@H]5c5ccccc5)C4=O)cc3)C(=O)[C@@H]2[C@@H]1c1ccccc1. The number of hydrogen-bond acceptors (Lipinski definition) is 8. The van der Waals surface area contributed by atoms with Crippen LogP contribution in [0.15, 0.2) is 84.9 Å². The average Bonchev–Trinajstić information content (AvgIpc) is 3.64. The highest BCUT2D eigenvalue weighted by Crippen LogP contribution is 2.47. The number of benzene rings is 3. The standard InChI is InChI=1S/C30H26N4O6/c1-31-23(17-9-5-3-6-10-17)21-25(39-31)29(37)33(27(21)35)19-13-15-20(16-14-19)34-28(36)22-24(18-11-7-4-8-12-18)32(2)40-26(22)30(34)38/h3-16,21-26H,1-2H3/t21-,22-,23+,24+,25+,26+/m1/s1. The third-order valence-electron chi connectivity index (χ3n) is 8.26. The molecule has 4 aliphatic heterocycles. The Hall–Kier alpha value is -4.22. The van der Waals surface area contributed by atoms with Gasteiger partial charge in [0.05, 0.1) is 35.3 Å². The molecular formula is C30H26N4O6. The molecule has 4 fully saturated rings. The monoisotopic (exact) mass is 538 g/mol. The first-order valence-corrected chi connectivity index (χ1v) is 13.1. The molecule has 4 saturated heterocycles. The third-order valence-corrected chi connectivity index (χ3v) is 8.26. The summed E-state index contributed by atoms with van der Waals surface area (Å²) in [6.45, 7) is 0. The molecule has 0 radical (unpaired) electrons. The highest BCUT2D eigenvalue weighted by molar-refractivity contribution is 6.25. The van der Waals surface area contributed by atoms with Gasteiger partial charge in [0.1, 0.15) is 0 Å². The number of amides is 4. The van der Waals surface area contributed by atoms with Crippen LogP contribution < -0.4 is 9.80 Å². The van der Waals surface area contributed by atoms with Crippen molar-refractivity contribution in [1.82, 2.24) is 10.1 Å². The molecule has 0 N–H and O–H groups in total. The number of anilines is 2. The number of hydrogen-bond donors (Lipinski definition) is 0. The second-order valence-electron chi connectivity index (χ2n) is 10.4. The van der Waals surface area contributed by atoms with Crippen LogP contribution in [0.3, 0.4) is 0 Å². The van der Waals surface area contributed by atoms with Crippen LogP contribution in [-0.2, 0) is 28.9 Å². The van der Waals surface area contributed by atoms with Gasteiger partial charge in [-0.25, -0.2) is 9.80 Å². The largest absolute Gasteiger partial charge is 0.284 e. The summed E-state index contributed by atoms with van der Waals surface area (Å²) < 4.78 is 0. The van der Waals surface area contributed by atoms with Gasteiger partial charge in [-0.1, -0.05) is 60.7 Å². The normalized spacial score (nSPS) is 30.4. The fourth-order valence-corrected chi connectivity index (χ4v) is 6.49. The molecule has 4 aliphatic rings. The summed E-state index contributed by atoms with van der Waals surface area (Å²) in [5.41, 5.74) is 2.47. The molecule has 0 saturated carbocycles. The molecular weight excluding hydrogens is 512 g/mol. The third kappa shape index (κ3) is 3.50. The predicted octanol–water partition coefficient (Wildman–Crippen LogP) is 2.64. The first-order chi connectivity index (χ1) is 19.4. The van der Waals surface area contributed by atoms with Crippen LogP contribution in [0.4, 0.5) is 11.4 Å². The molecule has 0 aliphatic carbocycles. The van der Waals surface area contributed by atoms with Gasteiger partial charge >= 0.3 is 0 Å². The Kier molecular flexibility index (Phi) is 5.69. The van der Waals surface area contributed by atoms with Crippen LogP contribution in [0.5, 0.6) is 0 Å². The van der Waals surface area contributed by atoms with Crippen molar-refractivity contribution in [3.63, 3.8) is 0 Å². The van der Waals surface area contributed by atoms with Crippen molar-refractivity contribution < 1.29 is 28.9 Å². The van der Waals surface area contributed by atoms with Crippen molar-refractivity contribution in [2.45, 2.75) is 24.3 Å². The van der Waals surface area contributed by atoms with E-state index in [1.165, 1.54) is 0 Å². The molecule has 4 heterocycles. The molecule has 0 aromatic heterocycles. The zero-order valence-corrected chi connectivity index (χ0v) is 21.8. The van der Waals surface area contributed by atoms with E-state index in [4.69, 9.17) is 9.68 Å². The van der Waals surface area contributed by atoms with E-state index in [0.29, 0.717) is 11.4 Å². The van der Waals surface area contributed by atoms with Crippen molar-refractivity contribution in [3.05, 3.63) is 96.1 Å². The lowest BCUT2D eigenvalue weighted by atomic mass is 9.91. The smallest absolute Gasteiger partial charge is 0.265 e. The fraction of sp³-hybridized carbons (Fsp3) is 0.267. The van der Waals surface area contributed by atoms with E-state index < -0.39 is 47.9 Å². The van der Waals surface area contributed by atoms with Crippen LogP contribution in [0, 0.1) is 11.8 Å². The number of carbonyl (C=O) groups excluding carboxylic acids is 4. The van der Waals surface area contributed by atoms with Gasteiger partial charge in [-0.2, -0.15) is 10.1 Å². The van der Waals surface area contributed by atoms with E-state index in [1.807, 2.05) is 60.7 Å². The quantitative estimate of drug-likeness (QED) is 0.468. The average molecular weight is 539 g/mol. The zero-order valence-electron chi connectivity index (χ0n) is 21.8. The van der Waals surface area contributed by atoms with Gasteiger partial charge in [0.15, 0.2) is 12.2 Å². The van der Waals surface area contributed by atoms with Crippen LogP contribution in [0.25, 0.3) is 0 Å². The first-order valence-electron chi connectivity index (χ1n) is 13.1. The molecule has 3 aromatic rings. The van der Waals surface area contributed by atoms with Gasteiger partial charge in [0.2, 0.25) is 11.8 Å². The van der Waals surface area contributed by atoms with Crippen LogP contribution in [0.2, 0.25) is 0 Å². The molecule has 10 nitrogen and oxygen atoms in total. The van der Waals surface area contributed by atoms with Gasteiger partial charge in [-0.05, 0) is 35.4 Å². The number of carbonyl (C=O) groups is 4. The van der Waals surface area contributed by atoms with E-state index >= 15 is 0 Å². The summed E-state index contributed by atoms with van der Waals surface area (Å²) >= 11 is 0. The van der Waals surface area contributed by atoms with Gasteiger partial charge in [-0.3, -0.25) is 28.9 Å². The van der Waals surface area contributed by atoms with E-state index in [9.17, 15) is 19.2 Å². The number of hydroxylamine groups is 4. The maximum Gasteiger partial charge on any atom is 0.265 e. The zero-order chi connectivity index (χ0) is 27.7. The molecule has 10 heteroatoms. The molecule has 0 unspecified atom stereocenters. The number of imide groups is 2. The predicted molar refractivity (Wildman–Crippen MR) is 142 cm³/mol. The second-order valence-corrected chi connectivity index (χ2v) is 10.4. The second kappa shape index (κ2) is 9.17. The highest BCUT2D eigenvalue weighted by atomic mass is 16.7. The Balaban J connectivity index is 1.15. The highest BCUT2D eigenvalue weighted by Gasteiger charge is 2.60. The fourth-order valence-electron chi connectivity index (χ4n) is 6.49. The lowest BCUT2D eigenvalue weighted by Gasteiger charge is -2.25. The minimum Gasteiger partial charge on any atom is -0.284 e. The maximum atomic E-state index is 13.6. The number of nitrogens with zero attached hydrogens (tertiary/aromatic N) is 4. The van der Waals surface area contributed by atoms with Crippen molar-refractivity contribution >= 4 is 35.0 Å². The summed E-state index contributed by atoms with van der Waals surface area (Å²) in [7, 11) is 3.44. The number of rotatable bonds is 4. The Bertz CT molecular complexity index is 1400. The maximum absolute atomic E-state index is 13.6. The van der Waals surface area contributed by atoms with Crippen LogP contribution in [0.1, 0.15) is 23.2 Å². The summed E-state index contributed by atoms with van der Waals surface area (Å²) in [6.07, 6.45) is -1.85. The topological polar surface area (TPSA) is 99.7 Å². The Morgan fingerprint density at radius 3 is 1.20 bits per heavy atom. The Morgan fingerprint density at radius 2 is 0.850 bits per heavy atom. The first kappa shape index (κ1) is 24.8. The summed E-state index contributed by atoms with van der Waals surface area (Å²) in [6, 6.07) is 24.4. The molecule has 6 atom stereocenters. The van der Waals surface area contributed by atoms with Crippen molar-refractivity contribution in [3.8, 4) is 0 Å². The van der Waals surface area contributed by atoms with E-state index in [0.717, 1.165) is 20.9 Å². The summed E-state index contributed by atoms with van der Waals surface area (Å²) in [5.74, 6) is -2.98. The molecule has 3 aromatic carbocycles. The molecule has 202 valence electrons. The Labute approximate surface area is 230 Å². The van der Waals surface area contributed by atoms with Gasteiger partial charge < -0.3 is 0 Å². The minimum absolute atomic E-state index is 0.351. The lowest BCUT2D eigenvalue weighted by molar-refractivity contribution is -0.160. The molecule has 4 amide bonds. The molecule has 0 spiro atoms. The lowest BCUT2D eigenvalue weighted by Crippen LogP contribution is -2.37. The number of fused-ring (bicyclic) bond motifs is 2. The van der Waals surface area contributed by atoms with E-state index in [2.05, 4.69) is 0 Å². The molecule has 0 bridgehead atoms. The molecule has 40 heavy (non-hydrogen) atoms. The van der Waals surface area contributed by atoms with E-state index in [1.54, 1.807) is 48.5 Å². The summed E-state index contributed by atoms with van der Waals surface area (Å²) in [4.78, 5) is 67.7. The molecule has 7 rings (SSSR count). The Morgan fingerprint density at radius 1 is 0.500 bits per heavy atom. The van der Waals surface area contributed by atoms with Crippen molar-refractivity contribution in [1.29, 1.82) is 0 Å².